The third-order valence-corrected chi connectivity index (χ3v) is 5.99. The smallest absolute Gasteiger partial charge is 0.227 e. The van der Waals surface area contributed by atoms with Gasteiger partial charge in [-0.05, 0) is 66.9 Å². The highest BCUT2D eigenvalue weighted by Gasteiger charge is 2.29. The Morgan fingerprint density at radius 3 is 2.64 bits per heavy atom. The molecule has 28 heavy (non-hydrogen) atoms. The lowest BCUT2D eigenvalue weighted by Gasteiger charge is -2.32. The molecule has 1 fully saturated rings. The number of aryl methyl sites for hydroxylation is 1. The Hall–Kier alpha value is -2.37. The molecule has 0 spiro atoms. The molecule has 2 heterocycles. The minimum atomic E-state index is -0.0136. The maximum absolute atomic E-state index is 12.5. The number of halogens is 1. The summed E-state index contributed by atoms with van der Waals surface area (Å²) >= 11 is 5.96. The van der Waals surface area contributed by atoms with Crippen LogP contribution < -0.4 is 15.5 Å². The van der Waals surface area contributed by atoms with Crippen LogP contribution in [-0.4, -0.2) is 24.9 Å². The van der Waals surface area contributed by atoms with Gasteiger partial charge in [0.25, 0.3) is 0 Å². The minimum Gasteiger partial charge on any atom is -0.326 e. The lowest BCUT2D eigenvalue weighted by Crippen LogP contribution is -2.48. The van der Waals surface area contributed by atoms with Crippen molar-refractivity contribution in [2.24, 2.45) is 11.8 Å². The standard InChI is InChI=1S/C22H24ClN3O2/c1-14(17-11-24-12-17)22(28)25-19-7-8-20-16(10-19)4-9-21(27)26(20)13-15-2-5-18(23)6-3-15/h2-3,5-8,10,14,17,24H,4,9,11-13H2,1H3,(H,25,28). The summed E-state index contributed by atoms with van der Waals surface area (Å²) in [6.07, 6.45) is 1.17. The summed E-state index contributed by atoms with van der Waals surface area (Å²) in [7, 11) is 0. The molecule has 5 nitrogen and oxygen atoms in total. The van der Waals surface area contributed by atoms with Gasteiger partial charge >= 0.3 is 0 Å². The summed E-state index contributed by atoms with van der Waals surface area (Å²) in [6.45, 7) is 4.30. The number of nitrogens with zero attached hydrogens (tertiary/aromatic N) is 1. The fourth-order valence-electron chi connectivity index (χ4n) is 3.72. The van der Waals surface area contributed by atoms with Crippen molar-refractivity contribution in [2.45, 2.75) is 26.3 Å². The van der Waals surface area contributed by atoms with Crippen molar-refractivity contribution in [1.29, 1.82) is 0 Å². The zero-order chi connectivity index (χ0) is 19.7. The van der Waals surface area contributed by atoms with Crippen LogP contribution in [0.5, 0.6) is 0 Å². The number of anilines is 2. The van der Waals surface area contributed by atoms with Crippen molar-refractivity contribution in [3.05, 3.63) is 58.6 Å². The average Bonchev–Trinajstić information content (AvgIpc) is 2.64. The van der Waals surface area contributed by atoms with E-state index in [2.05, 4.69) is 10.6 Å². The first-order chi connectivity index (χ1) is 13.5. The average molecular weight is 398 g/mol. The van der Waals surface area contributed by atoms with E-state index < -0.39 is 0 Å². The van der Waals surface area contributed by atoms with Crippen LogP contribution in [0.3, 0.4) is 0 Å². The van der Waals surface area contributed by atoms with Gasteiger partial charge in [0.05, 0.1) is 6.54 Å². The molecule has 0 radical (unpaired) electrons. The molecule has 2 aliphatic rings. The number of carbonyl (C=O) groups is 2. The van der Waals surface area contributed by atoms with E-state index in [4.69, 9.17) is 11.6 Å². The normalized spacial score (nSPS) is 17.6. The molecule has 6 heteroatoms. The lowest BCUT2D eigenvalue weighted by atomic mass is 9.88. The van der Waals surface area contributed by atoms with Crippen molar-refractivity contribution >= 4 is 34.8 Å². The maximum atomic E-state index is 12.5. The van der Waals surface area contributed by atoms with Gasteiger partial charge in [-0.2, -0.15) is 0 Å². The molecule has 0 saturated carbocycles. The Morgan fingerprint density at radius 1 is 1.21 bits per heavy atom. The summed E-state index contributed by atoms with van der Waals surface area (Å²) in [5.41, 5.74) is 3.83. The van der Waals surface area contributed by atoms with Gasteiger partial charge in [-0.1, -0.05) is 30.7 Å². The Morgan fingerprint density at radius 2 is 1.96 bits per heavy atom. The number of nitrogens with one attached hydrogen (secondary N) is 2. The van der Waals surface area contributed by atoms with E-state index in [-0.39, 0.29) is 17.7 Å². The van der Waals surface area contributed by atoms with Gasteiger partial charge in [-0.15, -0.1) is 0 Å². The van der Waals surface area contributed by atoms with E-state index in [1.165, 1.54) is 0 Å². The molecule has 2 amide bonds. The van der Waals surface area contributed by atoms with Crippen molar-refractivity contribution in [1.82, 2.24) is 5.32 Å². The van der Waals surface area contributed by atoms with Gasteiger partial charge in [0.2, 0.25) is 11.8 Å². The highest BCUT2D eigenvalue weighted by Crippen LogP contribution is 2.32. The van der Waals surface area contributed by atoms with E-state index in [0.29, 0.717) is 30.3 Å². The Kier molecular flexibility index (Phi) is 5.38. The Labute approximate surface area is 170 Å². The molecule has 146 valence electrons. The molecule has 2 aliphatic heterocycles. The number of amides is 2. The Bertz CT molecular complexity index is 893. The predicted molar refractivity (Wildman–Crippen MR) is 112 cm³/mol. The van der Waals surface area contributed by atoms with Crippen LogP contribution in [0.4, 0.5) is 11.4 Å². The molecular weight excluding hydrogens is 374 g/mol. The van der Waals surface area contributed by atoms with E-state index >= 15 is 0 Å². The fraction of sp³-hybridized carbons (Fsp3) is 0.364. The number of hydrogen-bond acceptors (Lipinski definition) is 3. The molecule has 2 aromatic carbocycles. The summed E-state index contributed by atoms with van der Waals surface area (Å²) in [5.74, 6) is 0.562. The van der Waals surface area contributed by atoms with Gasteiger partial charge in [0.15, 0.2) is 0 Å². The topological polar surface area (TPSA) is 61.4 Å². The molecule has 2 N–H and O–H groups in total. The SMILES string of the molecule is CC(C(=O)Nc1ccc2c(c1)CCC(=O)N2Cc1ccc(Cl)cc1)C1CNC1. The zero-order valence-electron chi connectivity index (χ0n) is 15.9. The van der Waals surface area contributed by atoms with E-state index in [0.717, 1.165) is 35.6 Å². The first kappa shape index (κ1) is 19.0. The van der Waals surface area contributed by atoms with Gasteiger partial charge in [0, 0.05) is 28.7 Å². The van der Waals surface area contributed by atoms with Gasteiger partial charge < -0.3 is 15.5 Å². The van der Waals surface area contributed by atoms with Crippen LogP contribution in [0.2, 0.25) is 5.02 Å². The number of benzene rings is 2. The van der Waals surface area contributed by atoms with E-state index in [1.54, 1.807) is 0 Å². The molecular formula is C22H24ClN3O2. The van der Waals surface area contributed by atoms with E-state index in [9.17, 15) is 9.59 Å². The van der Waals surface area contributed by atoms with Crippen LogP contribution in [-0.2, 0) is 22.6 Å². The Balaban J connectivity index is 1.50. The second-order valence-electron chi connectivity index (χ2n) is 7.65. The van der Waals surface area contributed by atoms with Crippen LogP contribution >= 0.6 is 11.6 Å². The molecule has 0 aliphatic carbocycles. The van der Waals surface area contributed by atoms with Crippen LogP contribution in [0.1, 0.15) is 24.5 Å². The molecule has 4 rings (SSSR count). The largest absolute Gasteiger partial charge is 0.326 e. The van der Waals surface area contributed by atoms with Crippen LogP contribution in [0, 0.1) is 11.8 Å². The lowest BCUT2D eigenvalue weighted by molar-refractivity contribution is -0.121. The number of carbonyl (C=O) groups excluding carboxylic acids is 2. The van der Waals surface area contributed by atoms with E-state index in [1.807, 2.05) is 54.3 Å². The summed E-state index contributed by atoms with van der Waals surface area (Å²) in [5, 5.41) is 6.93. The van der Waals surface area contributed by atoms with Crippen molar-refractivity contribution in [3.8, 4) is 0 Å². The summed E-state index contributed by atoms with van der Waals surface area (Å²) < 4.78 is 0. The second kappa shape index (κ2) is 7.94. The van der Waals surface area contributed by atoms with Crippen LogP contribution in [0.15, 0.2) is 42.5 Å². The van der Waals surface area contributed by atoms with Gasteiger partial charge in [0.1, 0.15) is 0 Å². The molecule has 1 unspecified atom stereocenters. The summed E-state index contributed by atoms with van der Waals surface area (Å²) in [6, 6.07) is 13.4. The predicted octanol–water partition coefficient (Wildman–Crippen LogP) is 3.61. The highest BCUT2D eigenvalue weighted by molar-refractivity contribution is 6.30. The highest BCUT2D eigenvalue weighted by atomic mass is 35.5. The second-order valence-corrected chi connectivity index (χ2v) is 8.08. The number of hydrogen-bond donors (Lipinski definition) is 2. The monoisotopic (exact) mass is 397 g/mol. The summed E-state index contributed by atoms with van der Waals surface area (Å²) in [4.78, 5) is 26.8. The number of rotatable bonds is 5. The molecule has 1 atom stereocenters. The first-order valence-electron chi connectivity index (χ1n) is 9.70. The van der Waals surface area contributed by atoms with Crippen molar-refractivity contribution < 1.29 is 9.59 Å². The molecule has 0 bridgehead atoms. The minimum absolute atomic E-state index is 0.0136. The van der Waals surface area contributed by atoms with Gasteiger partial charge in [-0.25, -0.2) is 0 Å². The first-order valence-corrected chi connectivity index (χ1v) is 10.1. The van der Waals surface area contributed by atoms with Crippen molar-refractivity contribution in [3.63, 3.8) is 0 Å². The molecule has 2 aromatic rings. The zero-order valence-corrected chi connectivity index (χ0v) is 16.6. The van der Waals surface area contributed by atoms with Gasteiger partial charge in [-0.3, -0.25) is 9.59 Å². The molecule has 0 aromatic heterocycles. The number of fused-ring (bicyclic) bond motifs is 1. The van der Waals surface area contributed by atoms with Crippen LogP contribution in [0.25, 0.3) is 0 Å². The maximum Gasteiger partial charge on any atom is 0.227 e. The van der Waals surface area contributed by atoms with Crippen molar-refractivity contribution in [2.75, 3.05) is 23.3 Å². The third-order valence-electron chi connectivity index (χ3n) is 5.73. The quantitative estimate of drug-likeness (QED) is 0.810. The fourth-order valence-corrected chi connectivity index (χ4v) is 3.84. The molecule has 1 saturated heterocycles. The third kappa shape index (κ3) is 3.91.